The van der Waals surface area contributed by atoms with Crippen LogP contribution in [0.1, 0.15) is 0 Å². The van der Waals surface area contributed by atoms with E-state index >= 15 is 0 Å². The van der Waals surface area contributed by atoms with E-state index in [1.54, 1.807) is 0 Å². The third-order valence-electron chi connectivity index (χ3n) is 12.7. The van der Waals surface area contributed by atoms with Gasteiger partial charge in [0.2, 0.25) is 0 Å². The number of hydrogen-bond acceptors (Lipinski definition) is 3. The van der Waals surface area contributed by atoms with Crippen molar-refractivity contribution in [2.75, 3.05) is 9.80 Å². The Balaban J connectivity index is 0.924. The number of fused-ring (bicyclic) bond motifs is 6. The average molecular weight is 847 g/mol. The van der Waals surface area contributed by atoms with Crippen LogP contribution < -0.4 is 9.80 Å². The summed E-state index contributed by atoms with van der Waals surface area (Å²) in [7, 11) is 0. The summed E-state index contributed by atoms with van der Waals surface area (Å²) in [5.74, 6) is 0. The third-order valence-corrected chi connectivity index (χ3v) is 13.8. The Kier molecular flexibility index (Phi) is 9.74. The zero-order valence-electron chi connectivity index (χ0n) is 35.6. The van der Waals surface area contributed by atoms with Gasteiger partial charge in [0.1, 0.15) is 0 Å². The maximum atomic E-state index is 2.44. The fourth-order valence-electron chi connectivity index (χ4n) is 9.42. The highest BCUT2D eigenvalue weighted by Crippen LogP contribution is 2.45. The van der Waals surface area contributed by atoms with E-state index in [1.807, 2.05) is 11.3 Å². The molecule has 0 radical (unpaired) electrons. The Labute approximate surface area is 383 Å². The maximum Gasteiger partial charge on any atom is 0.0546 e. The van der Waals surface area contributed by atoms with Crippen LogP contribution in [0.15, 0.2) is 255 Å². The first-order valence-electron chi connectivity index (χ1n) is 22.2. The minimum atomic E-state index is 1.09. The molecule has 1 heterocycles. The van der Waals surface area contributed by atoms with Gasteiger partial charge >= 0.3 is 0 Å². The van der Waals surface area contributed by atoms with Gasteiger partial charge in [-0.3, -0.25) is 0 Å². The smallest absolute Gasteiger partial charge is 0.0546 e. The summed E-state index contributed by atoms with van der Waals surface area (Å²) in [5.41, 5.74) is 13.8. The van der Waals surface area contributed by atoms with Crippen molar-refractivity contribution in [1.82, 2.24) is 0 Å². The Morgan fingerprint density at radius 1 is 0.231 bits per heavy atom. The molecule has 0 amide bonds. The van der Waals surface area contributed by atoms with Crippen molar-refractivity contribution in [2.24, 2.45) is 0 Å². The monoisotopic (exact) mass is 846 g/mol. The number of hydrogen-bond donors (Lipinski definition) is 0. The minimum Gasteiger partial charge on any atom is -0.311 e. The lowest BCUT2D eigenvalue weighted by Crippen LogP contribution is -2.10. The van der Waals surface area contributed by atoms with Crippen molar-refractivity contribution in [1.29, 1.82) is 0 Å². The summed E-state index contributed by atoms with van der Waals surface area (Å²) in [6.07, 6.45) is 0. The lowest BCUT2D eigenvalue weighted by Gasteiger charge is -2.28. The predicted molar refractivity (Wildman–Crippen MR) is 280 cm³/mol. The third kappa shape index (κ3) is 7.19. The van der Waals surface area contributed by atoms with E-state index < -0.39 is 0 Å². The Morgan fingerprint density at radius 3 is 1.15 bits per heavy atom. The molecule has 2 nitrogen and oxygen atoms in total. The SMILES string of the molecule is c1ccc(-c2ccc(N(c3ccc(-c4ccccc4)cc3)c3ccc(-c4ccc(N(c5ccc6sc7ccccc7c6c5)c5cc6ccccc6c6ccccc56)cc4)cc3)cc2)cc1. The molecule has 12 rings (SSSR count). The first-order valence-corrected chi connectivity index (χ1v) is 23.0. The van der Waals surface area contributed by atoms with Crippen LogP contribution in [0.5, 0.6) is 0 Å². The second-order valence-corrected chi connectivity index (χ2v) is 17.6. The molecule has 0 fully saturated rings. The normalized spacial score (nSPS) is 11.4. The standard InChI is InChI=1S/C62H42N2S/c1-3-13-43(14-4-1)45-23-31-50(32-24-45)63(51-33-25-46(26-34-51)44-15-5-2-6-16-44)52-35-27-47(28-36-52)48-29-37-53(38-30-48)64(54-39-40-62-59(42-54)58-21-11-12-22-61(58)65-62)60-41-49-17-7-8-18-55(49)56-19-9-10-20-57(56)60/h1-42H. The summed E-state index contributed by atoms with van der Waals surface area (Å²) in [4.78, 5) is 4.78. The Bertz CT molecular complexity index is 3530. The van der Waals surface area contributed by atoms with Gasteiger partial charge in [0.05, 0.1) is 5.69 Å². The molecule has 65 heavy (non-hydrogen) atoms. The molecule has 0 unspecified atom stereocenters. The number of anilines is 6. The molecule has 3 heteroatoms. The fourth-order valence-corrected chi connectivity index (χ4v) is 10.5. The van der Waals surface area contributed by atoms with Crippen LogP contribution in [0.4, 0.5) is 34.1 Å². The zero-order chi connectivity index (χ0) is 43.1. The molecular weight excluding hydrogens is 805 g/mol. The molecule has 11 aromatic carbocycles. The van der Waals surface area contributed by atoms with Crippen molar-refractivity contribution >= 4 is 87.2 Å². The number of nitrogens with zero attached hydrogens (tertiary/aromatic N) is 2. The van der Waals surface area contributed by atoms with Crippen molar-refractivity contribution in [2.45, 2.75) is 0 Å². The van der Waals surface area contributed by atoms with E-state index in [1.165, 1.54) is 64.0 Å². The molecule has 0 aliphatic heterocycles. The summed E-state index contributed by atoms with van der Waals surface area (Å²) >= 11 is 1.86. The van der Waals surface area contributed by atoms with Crippen LogP contribution in [-0.2, 0) is 0 Å². The molecule has 12 aromatic rings. The van der Waals surface area contributed by atoms with Gasteiger partial charge in [0.15, 0.2) is 0 Å². The van der Waals surface area contributed by atoms with E-state index in [9.17, 15) is 0 Å². The van der Waals surface area contributed by atoms with Crippen molar-refractivity contribution in [3.05, 3.63) is 255 Å². The van der Waals surface area contributed by atoms with Gasteiger partial charge in [0.25, 0.3) is 0 Å². The minimum absolute atomic E-state index is 1.09. The van der Waals surface area contributed by atoms with Crippen LogP contribution in [0, 0.1) is 0 Å². The quantitative estimate of drug-likeness (QED) is 0.134. The molecule has 0 saturated heterocycles. The van der Waals surface area contributed by atoms with Gasteiger partial charge in [-0.15, -0.1) is 11.3 Å². The summed E-state index contributed by atoms with van der Waals surface area (Å²) in [5, 5.41) is 7.52. The summed E-state index contributed by atoms with van der Waals surface area (Å²) < 4.78 is 2.60. The van der Waals surface area contributed by atoms with Gasteiger partial charge in [-0.2, -0.15) is 0 Å². The molecule has 0 spiro atoms. The molecule has 0 atom stereocenters. The lowest BCUT2D eigenvalue weighted by molar-refractivity contribution is 1.28. The molecule has 0 N–H and O–H groups in total. The molecule has 0 aliphatic carbocycles. The fraction of sp³-hybridized carbons (Fsp3) is 0. The molecular formula is C62H42N2S. The molecule has 306 valence electrons. The molecule has 0 bridgehead atoms. The van der Waals surface area contributed by atoms with Crippen LogP contribution >= 0.6 is 11.3 Å². The Hall–Kier alpha value is -8.24. The highest BCUT2D eigenvalue weighted by molar-refractivity contribution is 7.25. The number of thiophene rings is 1. The Morgan fingerprint density at radius 2 is 0.615 bits per heavy atom. The van der Waals surface area contributed by atoms with Crippen molar-refractivity contribution < 1.29 is 0 Å². The summed E-state index contributed by atoms with van der Waals surface area (Å²) in [6, 6.07) is 92.6. The lowest BCUT2D eigenvalue weighted by atomic mass is 9.98. The molecule has 0 aliphatic rings. The van der Waals surface area contributed by atoms with Crippen LogP contribution in [-0.4, -0.2) is 0 Å². The summed E-state index contributed by atoms with van der Waals surface area (Å²) in [6.45, 7) is 0. The number of benzene rings is 11. The van der Waals surface area contributed by atoms with E-state index in [2.05, 4.69) is 265 Å². The van der Waals surface area contributed by atoms with Gasteiger partial charge in [-0.1, -0.05) is 176 Å². The molecule has 0 saturated carbocycles. The molecule has 1 aromatic heterocycles. The predicted octanol–water partition coefficient (Wildman–Crippen LogP) is 18.3. The second kappa shape index (κ2) is 16.5. The second-order valence-electron chi connectivity index (χ2n) is 16.5. The van der Waals surface area contributed by atoms with E-state index in [0.29, 0.717) is 0 Å². The first kappa shape index (κ1) is 38.4. The van der Waals surface area contributed by atoms with E-state index in [0.717, 1.165) is 45.3 Å². The van der Waals surface area contributed by atoms with E-state index in [4.69, 9.17) is 0 Å². The van der Waals surface area contributed by atoms with Gasteiger partial charge in [-0.25, -0.2) is 0 Å². The van der Waals surface area contributed by atoms with E-state index in [-0.39, 0.29) is 0 Å². The zero-order valence-corrected chi connectivity index (χ0v) is 36.4. The maximum absolute atomic E-state index is 2.44. The van der Waals surface area contributed by atoms with Gasteiger partial charge < -0.3 is 9.80 Å². The highest BCUT2D eigenvalue weighted by atomic mass is 32.1. The number of rotatable bonds is 9. The van der Waals surface area contributed by atoms with Gasteiger partial charge in [0, 0.05) is 54.0 Å². The average Bonchev–Trinajstić information content (AvgIpc) is 3.76. The first-order chi connectivity index (χ1) is 32.2. The van der Waals surface area contributed by atoms with Crippen molar-refractivity contribution in [3.8, 4) is 33.4 Å². The van der Waals surface area contributed by atoms with Crippen LogP contribution in [0.3, 0.4) is 0 Å². The van der Waals surface area contributed by atoms with Crippen LogP contribution in [0.25, 0.3) is 75.1 Å². The highest BCUT2D eigenvalue weighted by Gasteiger charge is 2.20. The van der Waals surface area contributed by atoms with Gasteiger partial charge in [-0.05, 0) is 128 Å². The largest absolute Gasteiger partial charge is 0.311 e. The van der Waals surface area contributed by atoms with Crippen molar-refractivity contribution in [3.63, 3.8) is 0 Å². The topological polar surface area (TPSA) is 6.48 Å². The van der Waals surface area contributed by atoms with Crippen LogP contribution in [0.2, 0.25) is 0 Å².